The van der Waals surface area contributed by atoms with Crippen molar-refractivity contribution < 1.29 is 127 Å². The zero-order chi connectivity index (χ0) is 45.9. The Labute approximate surface area is 421 Å². The van der Waals surface area contributed by atoms with E-state index in [0.717, 1.165) is 17.2 Å². The van der Waals surface area contributed by atoms with Gasteiger partial charge in [0.1, 0.15) is 34.8 Å². The molecule has 0 bridgehead atoms. The summed E-state index contributed by atoms with van der Waals surface area (Å²) in [5, 5.41) is 10.1. The van der Waals surface area contributed by atoms with E-state index in [1.807, 2.05) is 49.6 Å². The summed E-state index contributed by atoms with van der Waals surface area (Å²) in [5.74, 6) is -1.29. The third-order valence-electron chi connectivity index (χ3n) is 10.4. The molecule has 64 heavy (non-hydrogen) atoms. The summed E-state index contributed by atoms with van der Waals surface area (Å²) in [7, 11) is -12.3. The fourth-order valence-electron chi connectivity index (χ4n) is 7.45. The van der Waals surface area contributed by atoms with E-state index >= 15 is 0 Å². The van der Waals surface area contributed by atoms with Crippen molar-refractivity contribution in [3.8, 4) is 11.3 Å². The van der Waals surface area contributed by atoms with Gasteiger partial charge < -0.3 is 42.3 Å². The molecule has 0 spiro atoms. The van der Waals surface area contributed by atoms with Gasteiger partial charge in [-0.05, 0) is 85.2 Å². The topological polar surface area (TPSA) is 256 Å². The average Bonchev–Trinajstić information content (AvgIpc) is 3.38. The molecule has 0 radical (unpaired) electrons. The van der Waals surface area contributed by atoms with Crippen molar-refractivity contribution in [1.82, 2.24) is 4.58 Å². The molecule has 17 nitrogen and oxygen atoms in total. The molecule has 3 aliphatic rings. The van der Waals surface area contributed by atoms with Gasteiger partial charge in [0.2, 0.25) is 5.36 Å². The van der Waals surface area contributed by atoms with Gasteiger partial charge in [0.15, 0.2) is 6.54 Å². The first-order valence-corrected chi connectivity index (χ1v) is 24.7. The van der Waals surface area contributed by atoms with Crippen LogP contribution in [0.25, 0.3) is 17.4 Å². The first-order valence-electron chi connectivity index (χ1n) is 20.1. The molecule has 0 amide bonds. The summed E-state index contributed by atoms with van der Waals surface area (Å²) in [6.07, 6.45) is 5.36. The minimum atomic E-state index is -4.88. The molecule has 0 fully saturated rings. The van der Waals surface area contributed by atoms with Crippen LogP contribution in [-0.2, 0) is 60.2 Å². The molecule has 2 heterocycles. The fourth-order valence-corrected chi connectivity index (χ4v) is 8.91. The van der Waals surface area contributed by atoms with Crippen LogP contribution >= 0.6 is 0 Å². The van der Waals surface area contributed by atoms with Crippen LogP contribution in [0.4, 0.5) is 5.69 Å². The summed E-state index contributed by atoms with van der Waals surface area (Å²) in [6.45, 7) is 10.4. The Kier molecular flexibility index (Phi) is 23.1. The summed E-state index contributed by atoms with van der Waals surface area (Å²) in [5.41, 5.74) is 1.81. The number of methoxy groups -OCH3 is 1. The quantitative estimate of drug-likeness (QED) is 0.0435. The van der Waals surface area contributed by atoms with Crippen LogP contribution < -0.4 is 73.9 Å². The molecule has 1 aliphatic carbocycles. The Bertz CT molecular complexity index is 2480. The van der Waals surface area contributed by atoms with E-state index < -0.39 is 58.1 Å². The van der Waals surface area contributed by atoms with E-state index in [4.69, 9.17) is 18.6 Å². The summed E-state index contributed by atoms with van der Waals surface area (Å²) >= 11 is 0. The molecule has 1 aromatic carbocycles. The van der Waals surface area contributed by atoms with Crippen LogP contribution in [0.15, 0.2) is 69.6 Å². The number of anilines is 1. The molecule has 22 heteroatoms. The predicted octanol–water partition coefficient (Wildman–Crippen LogP) is -2.15. The van der Waals surface area contributed by atoms with Crippen molar-refractivity contribution in [1.29, 1.82) is 0 Å². The molecule has 1 unspecified atom stereocenters. The van der Waals surface area contributed by atoms with Gasteiger partial charge in [-0.1, -0.05) is 26.8 Å². The maximum atomic E-state index is 12.1. The van der Waals surface area contributed by atoms with Gasteiger partial charge in [0, 0.05) is 66.4 Å². The number of carbonyl (C=O) groups is 1. The van der Waals surface area contributed by atoms with Crippen LogP contribution in [0, 0.1) is 0 Å². The number of nitrogens with zero attached hydrogens (tertiary/aromatic N) is 2. The monoisotopic (exact) mass is 970 g/mol. The van der Waals surface area contributed by atoms with Crippen molar-refractivity contribution in [3.63, 3.8) is 0 Å². The number of rotatable bonds is 24. The van der Waals surface area contributed by atoms with Crippen molar-refractivity contribution in [2.45, 2.75) is 75.5 Å². The second kappa shape index (κ2) is 25.4. The third kappa shape index (κ3) is 17.6. The van der Waals surface area contributed by atoms with Gasteiger partial charge in [-0.25, -0.2) is 29.8 Å². The third-order valence-corrected chi connectivity index (χ3v) is 12.8. The average molecular weight is 971 g/mol. The molecule has 0 saturated carbocycles. The van der Waals surface area contributed by atoms with Crippen molar-refractivity contribution in [2.24, 2.45) is 0 Å². The molecule has 0 saturated heterocycles. The van der Waals surface area contributed by atoms with E-state index in [1.54, 1.807) is 37.2 Å². The van der Waals surface area contributed by atoms with Crippen molar-refractivity contribution >= 4 is 48.1 Å². The van der Waals surface area contributed by atoms with Gasteiger partial charge in [0.25, 0.3) is 0 Å². The Morgan fingerprint density at radius 3 is 2.11 bits per heavy atom. The number of fused-ring (bicyclic) bond motifs is 2. The van der Waals surface area contributed by atoms with E-state index in [2.05, 4.69) is 0 Å². The molecule has 344 valence electrons. The Morgan fingerprint density at radius 1 is 0.859 bits per heavy atom. The molecular formula is C42H56N2Na2O15S3. The van der Waals surface area contributed by atoms with Gasteiger partial charge in [-0.3, -0.25) is 4.79 Å². The summed E-state index contributed by atoms with van der Waals surface area (Å²) < 4.78 is 130. The van der Waals surface area contributed by atoms with Crippen LogP contribution in [0.2, 0.25) is 0 Å². The number of benzene rings is 2. The fraction of sp³-hybridized carbons (Fsp3) is 0.524. The predicted molar refractivity (Wildman–Crippen MR) is 229 cm³/mol. The number of carboxylic acid groups (broad SMARTS) is 1. The zero-order valence-electron chi connectivity index (χ0n) is 37.7. The minimum Gasteiger partial charge on any atom is -0.748 e. The molecule has 4 rings (SSSR count). The van der Waals surface area contributed by atoms with E-state index in [9.17, 15) is 48.8 Å². The SMILES string of the molecule is COCCOCCOCC[N+](CCCS(=O)(=O)[O-])=c1ccc2c(C(C)(C)C)cc(/C=C/C=C3/N(CCCS(=O)(=O)[O-])c4ccc(S(=O)(=O)[O-])cc4C3(C)CCCC(=O)O)oc-2c1.[Na+].[Na+]. The number of ether oxygens (including phenoxy) is 3. The maximum absolute atomic E-state index is 12.1. The Balaban J connectivity index is 0.00000704. The smallest absolute Gasteiger partial charge is 0.748 e. The number of allylic oxidation sites excluding steroid dienone is 3. The maximum Gasteiger partial charge on any atom is 1.00 e. The molecular weight excluding hydrogens is 915 g/mol. The van der Waals surface area contributed by atoms with Crippen LogP contribution in [0.5, 0.6) is 0 Å². The summed E-state index contributed by atoms with van der Waals surface area (Å²) in [6, 6.07) is 11.4. The molecule has 0 aromatic heterocycles. The number of carboxylic acids is 1. The first-order chi connectivity index (χ1) is 28.9. The Morgan fingerprint density at radius 2 is 1.50 bits per heavy atom. The van der Waals surface area contributed by atoms with Gasteiger partial charge >= 0.3 is 65.1 Å². The largest absolute Gasteiger partial charge is 1.00 e. The molecule has 1 aromatic rings. The zero-order valence-corrected chi connectivity index (χ0v) is 44.1. The molecule has 1 atom stereocenters. The van der Waals surface area contributed by atoms with Crippen molar-refractivity contribution in [2.75, 3.05) is 76.2 Å². The number of hydrogen-bond donors (Lipinski definition) is 1. The second-order valence-corrected chi connectivity index (χ2v) is 20.6. The van der Waals surface area contributed by atoms with Gasteiger partial charge in [-0.2, -0.15) is 0 Å². The Hall–Kier alpha value is -1.99. The van der Waals surface area contributed by atoms with Crippen LogP contribution in [-0.4, -0.2) is 121 Å². The molecule has 2 aliphatic heterocycles. The second-order valence-electron chi connectivity index (χ2n) is 16.2. The molecule has 1 N–H and O–H groups in total. The van der Waals surface area contributed by atoms with E-state index in [-0.39, 0.29) is 116 Å². The normalized spacial score (nSPS) is 16.8. The first kappa shape index (κ1) is 58.1. The van der Waals surface area contributed by atoms with Crippen LogP contribution in [0.3, 0.4) is 0 Å². The van der Waals surface area contributed by atoms with E-state index in [0.29, 0.717) is 66.8 Å². The number of aliphatic carboxylic acids is 1. The standard InChI is InChI=1S/C42H58N2O15S3.2Na/c1-41(2,3)35-29-32(59-38-28-31(13-15-34(35)38)43(18-8-26-60(47,48)49)20-21-57-24-25-58-23-22-56-5)10-6-11-39-42(4,17-7-12-40(45)46)36-30-33(62(53,54)55)14-16-37(36)44(39)19-9-27-61(50,51)52;;/h6,10-11,13-16,28-30H,7-9,12,17-27H2,1-5H3,(H3-,45,46,47,48,49,50,51,52,53,54,55);;/q;2*+1/p-2. The van der Waals surface area contributed by atoms with Gasteiger partial charge in [-0.15, -0.1) is 0 Å². The minimum absolute atomic E-state index is 0. The summed E-state index contributed by atoms with van der Waals surface area (Å²) in [4.78, 5) is 12.8. The van der Waals surface area contributed by atoms with E-state index in [1.165, 1.54) is 12.1 Å². The number of hydrogen-bond acceptors (Lipinski definition) is 15. The van der Waals surface area contributed by atoms with Gasteiger partial charge in [0.05, 0.1) is 57.6 Å². The van der Waals surface area contributed by atoms with Crippen molar-refractivity contribution in [3.05, 3.63) is 82.6 Å². The van der Waals surface area contributed by atoms with Crippen LogP contribution in [0.1, 0.15) is 76.7 Å².